The van der Waals surface area contributed by atoms with Gasteiger partial charge in [-0.25, -0.2) is 13.4 Å². The van der Waals surface area contributed by atoms with Crippen LogP contribution in [0.5, 0.6) is 5.75 Å². The summed E-state index contributed by atoms with van der Waals surface area (Å²) in [5.41, 5.74) is 2.15. The van der Waals surface area contributed by atoms with E-state index in [9.17, 15) is 32.4 Å². The lowest BCUT2D eigenvalue weighted by Gasteiger charge is -2.26. The zero-order chi connectivity index (χ0) is 42.3. The number of likely N-dealkylation sites (tertiary alicyclic amines) is 1. The molecule has 3 aliphatic rings. The minimum Gasteiger partial charge on any atom is -0.497 e. The predicted molar refractivity (Wildman–Crippen MR) is 225 cm³/mol. The van der Waals surface area contributed by atoms with Gasteiger partial charge in [0.1, 0.15) is 23.5 Å². The van der Waals surface area contributed by atoms with Crippen LogP contribution in [0.2, 0.25) is 0 Å². The lowest BCUT2D eigenvalue weighted by Crippen LogP contribution is -2.54. The van der Waals surface area contributed by atoms with Crippen molar-refractivity contribution < 1.29 is 37.1 Å². The van der Waals surface area contributed by atoms with Crippen molar-refractivity contribution in [2.24, 2.45) is 5.92 Å². The van der Waals surface area contributed by atoms with E-state index in [1.807, 2.05) is 24.3 Å². The first-order chi connectivity index (χ1) is 28.0. The second-order valence-electron chi connectivity index (χ2n) is 15.3. The number of aryl methyl sites for hydroxylation is 1. The highest BCUT2D eigenvalue weighted by Gasteiger charge is 2.39. The molecular weight excluding hydrogens is 765 g/mol. The Labute approximate surface area is 343 Å². The van der Waals surface area contributed by atoms with Crippen molar-refractivity contribution in [3.8, 4) is 5.75 Å². The number of hydrogen-bond acceptors (Lipinski definition) is 10. The molecule has 5 rings (SSSR count). The first-order valence-electron chi connectivity index (χ1n) is 20.9. The van der Waals surface area contributed by atoms with E-state index in [2.05, 4.69) is 37.0 Å². The number of carbonyl (C=O) groups excluding carboxylic acids is 4. The van der Waals surface area contributed by atoms with Crippen LogP contribution < -0.4 is 25.7 Å². The predicted octanol–water partition coefficient (Wildman–Crippen LogP) is 4.83. The van der Waals surface area contributed by atoms with Crippen LogP contribution in [0.25, 0.3) is 11.0 Å². The number of nitrogens with zero attached hydrogens (tertiary/aromatic N) is 2. The fourth-order valence-electron chi connectivity index (χ4n) is 7.20. The molecule has 15 nitrogen and oxygen atoms in total. The summed E-state index contributed by atoms with van der Waals surface area (Å²) < 4.78 is 35.9. The summed E-state index contributed by atoms with van der Waals surface area (Å²) in [6.07, 6.45) is 21.7. The highest BCUT2D eigenvalue weighted by Crippen LogP contribution is 2.29. The number of rotatable bonds is 21. The minimum atomic E-state index is -3.74. The van der Waals surface area contributed by atoms with Crippen LogP contribution in [0.15, 0.2) is 35.1 Å². The van der Waals surface area contributed by atoms with Gasteiger partial charge in [-0.3, -0.25) is 28.7 Å². The molecule has 2 saturated carbocycles. The quantitative estimate of drug-likeness (QED) is 0.0766. The molecule has 2 aromatic rings. The Kier molecular flexibility index (Phi) is 21.5. The molecule has 58 heavy (non-hydrogen) atoms. The molecule has 2 heterocycles. The third-order valence-corrected chi connectivity index (χ3v) is 12.4. The van der Waals surface area contributed by atoms with Gasteiger partial charge in [-0.15, -0.1) is 0 Å². The van der Waals surface area contributed by atoms with Crippen LogP contribution >= 0.6 is 0 Å². The summed E-state index contributed by atoms with van der Waals surface area (Å²) in [5.74, 6) is 0.0249. The van der Waals surface area contributed by atoms with Crippen molar-refractivity contribution in [2.45, 2.75) is 140 Å². The molecule has 1 saturated heterocycles. The normalized spacial score (nSPS) is 17.2. The average molecular weight is 831 g/mol. The van der Waals surface area contributed by atoms with Crippen molar-refractivity contribution >= 4 is 45.2 Å². The summed E-state index contributed by atoms with van der Waals surface area (Å²) in [7, 11) is 1.12. The Hall–Kier alpha value is -4.31. The molecule has 0 bridgehead atoms. The number of aromatic amines is 1. The number of H-pyrrole nitrogens is 1. The molecule has 1 aromatic heterocycles. The van der Waals surface area contributed by atoms with Crippen molar-refractivity contribution in [3.63, 3.8) is 0 Å². The Morgan fingerprint density at radius 3 is 2.40 bits per heavy atom. The molecule has 1 aromatic carbocycles. The number of nitrogens with one attached hydrogen (secondary N) is 4. The topological polar surface area (TPSA) is 206 Å². The van der Waals surface area contributed by atoms with E-state index in [0.717, 1.165) is 61.2 Å². The minimum absolute atomic E-state index is 0.0680. The van der Waals surface area contributed by atoms with E-state index >= 15 is 0 Å². The van der Waals surface area contributed by atoms with E-state index in [-0.39, 0.29) is 24.4 Å². The van der Waals surface area contributed by atoms with Gasteiger partial charge in [-0.2, -0.15) is 0 Å². The van der Waals surface area contributed by atoms with Gasteiger partial charge in [-0.05, 0) is 75.8 Å². The van der Waals surface area contributed by atoms with E-state index in [1.165, 1.54) is 49.8 Å². The number of aromatic nitrogens is 2. The van der Waals surface area contributed by atoms with Crippen LogP contribution in [-0.2, 0) is 40.4 Å². The number of hydrogen-bond donors (Lipinski definition) is 4. The van der Waals surface area contributed by atoms with E-state index in [1.54, 1.807) is 27.4 Å². The largest absolute Gasteiger partial charge is 0.497 e. The first kappa shape index (κ1) is 48.1. The molecular formula is C42H66N6O9S. The van der Waals surface area contributed by atoms with Gasteiger partial charge in [0.25, 0.3) is 11.5 Å². The second-order valence-corrected chi connectivity index (χ2v) is 17.2. The Balaban J connectivity index is 0.000000303. The number of fused-ring (bicyclic) bond motifs is 1. The maximum Gasteiger partial charge on any atom is 0.270 e. The molecule has 0 spiro atoms. The lowest BCUT2D eigenvalue weighted by molar-refractivity contribution is -0.139. The van der Waals surface area contributed by atoms with Gasteiger partial charge in [0.15, 0.2) is 0 Å². The summed E-state index contributed by atoms with van der Waals surface area (Å²) in [6.45, 7) is 2.27. The first-order valence-corrected chi connectivity index (χ1v) is 22.5. The summed E-state index contributed by atoms with van der Waals surface area (Å²) >= 11 is 0. The summed E-state index contributed by atoms with van der Waals surface area (Å²) in [6, 6.07) is 3.76. The third kappa shape index (κ3) is 16.5. The number of sulfonamides is 1. The zero-order valence-electron chi connectivity index (χ0n) is 34.9. The number of ether oxygens (including phenoxy) is 2. The van der Waals surface area contributed by atoms with Gasteiger partial charge in [-0.1, -0.05) is 76.9 Å². The Morgan fingerprint density at radius 2 is 1.72 bits per heavy atom. The van der Waals surface area contributed by atoms with Crippen molar-refractivity contribution in [2.75, 3.05) is 34.4 Å². The molecule has 2 aliphatic carbocycles. The summed E-state index contributed by atoms with van der Waals surface area (Å²) in [5, 5.41) is 4.37. The second kappa shape index (κ2) is 25.9. The van der Waals surface area contributed by atoms with Crippen LogP contribution in [0.4, 0.5) is 0 Å². The van der Waals surface area contributed by atoms with Gasteiger partial charge in [0.2, 0.25) is 28.2 Å². The Bertz CT molecular complexity index is 1790. The maximum atomic E-state index is 12.9. The molecule has 4 amide bonds. The average Bonchev–Trinajstić information content (AvgIpc) is 3.74. The van der Waals surface area contributed by atoms with Crippen LogP contribution in [0.1, 0.15) is 122 Å². The highest BCUT2D eigenvalue weighted by molar-refractivity contribution is 7.90. The molecule has 2 atom stereocenters. The smallest absolute Gasteiger partial charge is 0.270 e. The molecule has 1 unspecified atom stereocenters. The standard InChI is InChI=1S/C21H34N4O6S.C19H26N2O2.C2H6O/c1-2-3-4-5-6-7-9-17(20(28)24-32(30,31)16-11-12-16)23-21(29)18-10-8-13-25(18)19(27)14-22-15-26;1-23-15-11-12-16-18(13-15)21-19(22)17(20-16)10-4-2-3-7-14-8-5-6-9-14;1-3-2/h6-7,15-18H,2-5,8-14H2,1H3,(H,22,26)(H,23,29)(H,24,28);11-14H,2-10H2,1H3,(H,21,22);1-2H3/b7-6-;;/t17?,18-;;/m0../s1. The maximum absolute atomic E-state index is 12.9. The summed E-state index contributed by atoms with van der Waals surface area (Å²) in [4.78, 5) is 69.3. The molecule has 324 valence electrons. The number of benzene rings is 1. The molecule has 3 fully saturated rings. The third-order valence-electron chi connectivity index (χ3n) is 10.5. The van der Waals surface area contributed by atoms with Crippen molar-refractivity contribution in [3.05, 3.63) is 46.4 Å². The van der Waals surface area contributed by atoms with Gasteiger partial charge in [0.05, 0.1) is 29.9 Å². The lowest BCUT2D eigenvalue weighted by atomic mass is 9.99. The number of unbranched alkanes of at least 4 members (excludes halogenated alkanes) is 5. The molecule has 16 heteroatoms. The van der Waals surface area contributed by atoms with Crippen LogP contribution in [-0.4, -0.2) is 99.2 Å². The van der Waals surface area contributed by atoms with Gasteiger partial charge < -0.3 is 30.0 Å². The Morgan fingerprint density at radius 1 is 0.983 bits per heavy atom. The SMILES string of the molecule is CCCCC/C=C\CC(NC(=O)[C@@H]1CCCN1C(=O)CNC=O)C(=O)NS(=O)(=O)C1CC1.COC.COc1ccc2nc(CCCCCC3CCCC3)c(=O)[nH]c2c1. The van der Waals surface area contributed by atoms with Crippen molar-refractivity contribution in [1.82, 2.24) is 30.2 Å². The fourth-order valence-corrected chi connectivity index (χ4v) is 8.55. The van der Waals surface area contributed by atoms with Gasteiger partial charge >= 0.3 is 0 Å². The molecule has 4 N–H and O–H groups in total. The number of carbonyl (C=O) groups is 4. The van der Waals surface area contributed by atoms with Crippen molar-refractivity contribution in [1.29, 1.82) is 0 Å². The van der Waals surface area contributed by atoms with E-state index in [4.69, 9.17) is 4.74 Å². The number of methoxy groups -OCH3 is 2. The molecule has 0 radical (unpaired) electrons. The van der Waals surface area contributed by atoms with E-state index < -0.39 is 39.2 Å². The van der Waals surface area contributed by atoms with E-state index in [0.29, 0.717) is 44.3 Å². The van der Waals surface area contributed by atoms with Crippen LogP contribution in [0, 0.1) is 5.92 Å². The monoisotopic (exact) mass is 830 g/mol. The fraction of sp³-hybridized carbons (Fsp3) is 0.667. The zero-order valence-corrected chi connectivity index (χ0v) is 35.7. The van der Waals surface area contributed by atoms with Crippen LogP contribution in [0.3, 0.4) is 0 Å². The number of allylic oxidation sites excluding steroid dienone is 1. The van der Waals surface area contributed by atoms with Gasteiger partial charge in [0, 0.05) is 26.8 Å². The number of amides is 4. The molecule has 1 aliphatic heterocycles. The highest BCUT2D eigenvalue weighted by atomic mass is 32.2.